The predicted molar refractivity (Wildman–Crippen MR) is 92.8 cm³/mol. The van der Waals surface area contributed by atoms with Crippen LogP contribution in [0.25, 0.3) is 10.4 Å². The highest BCUT2D eigenvalue weighted by atomic mass is 32.1. The Morgan fingerprint density at radius 1 is 1.17 bits per heavy atom. The number of primary amides is 1. The topological polar surface area (TPSA) is 110 Å². The molecule has 0 saturated heterocycles. The fourth-order valence-corrected chi connectivity index (χ4v) is 2.86. The molecule has 6 N–H and O–H groups in total. The van der Waals surface area contributed by atoms with Gasteiger partial charge >= 0.3 is 0 Å². The summed E-state index contributed by atoms with van der Waals surface area (Å²) in [7, 11) is 0. The van der Waals surface area contributed by atoms with Gasteiger partial charge in [0.15, 0.2) is 0 Å². The zero-order chi connectivity index (χ0) is 16.8. The average molecular weight is 330 g/mol. The third kappa shape index (κ3) is 4.86. The Kier molecular flexibility index (Phi) is 5.37. The van der Waals surface area contributed by atoms with Crippen LogP contribution in [0, 0.1) is 0 Å². The molecule has 0 saturated carbocycles. The number of benzene rings is 1. The Bertz CT molecular complexity index is 739. The van der Waals surface area contributed by atoms with Crippen LogP contribution in [0.3, 0.4) is 0 Å². The Hall–Kier alpha value is -2.80. The van der Waals surface area contributed by atoms with Crippen LogP contribution in [0.2, 0.25) is 0 Å². The molecule has 0 radical (unpaired) electrons. The van der Waals surface area contributed by atoms with Crippen molar-refractivity contribution in [3.05, 3.63) is 53.7 Å². The fraction of sp³-hybridized carbons (Fsp3) is 0.125. The minimum Gasteiger partial charge on any atom is -0.386 e. The Labute approximate surface area is 138 Å². The van der Waals surface area contributed by atoms with Gasteiger partial charge in [-0.05, 0) is 29.8 Å². The summed E-state index contributed by atoms with van der Waals surface area (Å²) < 4.78 is 0. The van der Waals surface area contributed by atoms with Crippen molar-refractivity contribution in [3.63, 3.8) is 0 Å². The van der Waals surface area contributed by atoms with Gasteiger partial charge in [0, 0.05) is 23.5 Å². The summed E-state index contributed by atoms with van der Waals surface area (Å²) >= 11 is 1.37. The number of carbonyl (C=O) groups excluding carboxylic acids is 2. The van der Waals surface area contributed by atoms with Crippen molar-refractivity contribution < 1.29 is 9.59 Å². The standard InChI is InChI=1S/C16H18N4O2S/c1-10(17)20-12-4-2-3-11(9-12)13-5-6-14(23-13)16(22)19-8-7-15(18)21/h2-6,9,20H,1,7-8,17H2,(H2,18,21)(H,19,22). The highest BCUT2D eigenvalue weighted by molar-refractivity contribution is 7.17. The van der Waals surface area contributed by atoms with E-state index in [0.717, 1.165) is 16.1 Å². The van der Waals surface area contributed by atoms with Crippen molar-refractivity contribution in [1.82, 2.24) is 5.32 Å². The van der Waals surface area contributed by atoms with E-state index in [4.69, 9.17) is 11.5 Å². The van der Waals surface area contributed by atoms with Gasteiger partial charge in [-0.1, -0.05) is 18.7 Å². The molecule has 7 heteroatoms. The molecule has 0 unspecified atom stereocenters. The summed E-state index contributed by atoms with van der Waals surface area (Å²) in [5.41, 5.74) is 12.4. The lowest BCUT2D eigenvalue weighted by Crippen LogP contribution is -2.27. The molecular formula is C16H18N4O2S. The third-order valence-corrected chi connectivity index (χ3v) is 4.07. The van der Waals surface area contributed by atoms with Crippen LogP contribution >= 0.6 is 11.3 Å². The molecule has 2 aromatic rings. The van der Waals surface area contributed by atoms with Crippen molar-refractivity contribution in [2.75, 3.05) is 11.9 Å². The minimum atomic E-state index is -0.442. The number of hydrogen-bond acceptors (Lipinski definition) is 5. The zero-order valence-electron chi connectivity index (χ0n) is 12.5. The smallest absolute Gasteiger partial charge is 0.261 e. The molecule has 2 amide bonds. The van der Waals surface area contributed by atoms with Gasteiger partial charge in [0.2, 0.25) is 5.91 Å². The Morgan fingerprint density at radius 3 is 2.65 bits per heavy atom. The lowest BCUT2D eigenvalue weighted by molar-refractivity contribution is -0.117. The maximum atomic E-state index is 12.0. The van der Waals surface area contributed by atoms with Crippen LogP contribution < -0.4 is 22.1 Å². The van der Waals surface area contributed by atoms with Crippen molar-refractivity contribution in [2.24, 2.45) is 11.5 Å². The maximum Gasteiger partial charge on any atom is 0.261 e. The summed E-state index contributed by atoms with van der Waals surface area (Å²) in [6.07, 6.45) is 0.126. The Balaban J connectivity index is 2.08. The molecule has 0 atom stereocenters. The molecule has 1 aromatic carbocycles. The molecule has 0 aliphatic heterocycles. The SMILES string of the molecule is C=C(N)Nc1cccc(-c2ccc(C(=O)NCCC(N)=O)s2)c1. The van der Waals surface area contributed by atoms with E-state index in [-0.39, 0.29) is 18.9 Å². The van der Waals surface area contributed by atoms with Crippen molar-refractivity contribution in [3.8, 4) is 10.4 Å². The van der Waals surface area contributed by atoms with E-state index in [2.05, 4.69) is 17.2 Å². The highest BCUT2D eigenvalue weighted by Gasteiger charge is 2.10. The second kappa shape index (κ2) is 7.46. The van der Waals surface area contributed by atoms with Gasteiger partial charge in [0.25, 0.3) is 5.91 Å². The summed E-state index contributed by atoms with van der Waals surface area (Å²) in [4.78, 5) is 24.2. The number of rotatable bonds is 7. The van der Waals surface area contributed by atoms with E-state index in [0.29, 0.717) is 10.7 Å². The van der Waals surface area contributed by atoms with E-state index in [1.807, 2.05) is 30.3 Å². The van der Waals surface area contributed by atoms with E-state index < -0.39 is 5.91 Å². The van der Waals surface area contributed by atoms with E-state index >= 15 is 0 Å². The van der Waals surface area contributed by atoms with Crippen LogP contribution in [-0.4, -0.2) is 18.4 Å². The summed E-state index contributed by atoms with van der Waals surface area (Å²) in [5.74, 6) is -0.294. The van der Waals surface area contributed by atoms with E-state index in [9.17, 15) is 9.59 Å². The van der Waals surface area contributed by atoms with Crippen LogP contribution in [-0.2, 0) is 4.79 Å². The third-order valence-electron chi connectivity index (χ3n) is 2.94. The molecule has 0 aliphatic rings. The lowest BCUT2D eigenvalue weighted by Gasteiger charge is -2.06. The second-order valence-corrected chi connectivity index (χ2v) is 5.95. The molecule has 2 rings (SSSR count). The van der Waals surface area contributed by atoms with Crippen LogP contribution in [0.4, 0.5) is 5.69 Å². The van der Waals surface area contributed by atoms with Crippen LogP contribution in [0.15, 0.2) is 48.8 Å². The number of carbonyl (C=O) groups is 2. The molecule has 0 fully saturated rings. The molecule has 1 aromatic heterocycles. The number of amides is 2. The maximum absolute atomic E-state index is 12.0. The van der Waals surface area contributed by atoms with Crippen LogP contribution in [0.1, 0.15) is 16.1 Å². The molecular weight excluding hydrogens is 312 g/mol. The molecule has 120 valence electrons. The quantitative estimate of drug-likeness (QED) is 0.621. The molecule has 6 nitrogen and oxygen atoms in total. The van der Waals surface area contributed by atoms with Gasteiger partial charge in [-0.2, -0.15) is 0 Å². The summed E-state index contributed by atoms with van der Waals surface area (Å²) in [6, 6.07) is 11.3. The number of nitrogens with two attached hydrogens (primary N) is 2. The zero-order valence-corrected chi connectivity index (χ0v) is 13.3. The van der Waals surface area contributed by atoms with Gasteiger partial charge in [-0.25, -0.2) is 0 Å². The van der Waals surface area contributed by atoms with Gasteiger partial charge in [-0.15, -0.1) is 11.3 Å². The van der Waals surface area contributed by atoms with Gasteiger partial charge in [0.05, 0.1) is 10.7 Å². The highest BCUT2D eigenvalue weighted by Crippen LogP contribution is 2.29. The normalized spacial score (nSPS) is 10.1. The number of anilines is 1. The first-order valence-electron chi connectivity index (χ1n) is 6.94. The molecule has 0 spiro atoms. The predicted octanol–water partition coefficient (Wildman–Crippen LogP) is 1.86. The number of hydrogen-bond donors (Lipinski definition) is 4. The van der Waals surface area contributed by atoms with Crippen molar-refractivity contribution in [2.45, 2.75) is 6.42 Å². The lowest BCUT2D eigenvalue weighted by atomic mass is 10.1. The van der Waals surface area contributed by atoms with Gasteiger partial charge < -0.3 is 22.1 Å². The molecule has 23 heavy (non-hydrogen) atoms. The van der Waals surface area contributed by atoms with E-state index in [1.165, 1.54) is 11.3 Å². The largest absolute Gasteiger partial charge is 0.386 e. The second-order valence-electron chi connectivity index (χ2n) is 4.87. The number of thiophene rings is 1. The Morgan fingerprint density at radius 2 is 1.96 bits per heavy atom. The first-order valence-corrected chi connectivity index (χ1v) is 7.75. The molecule has 1 heterocycles. The van der Waals surface area contributed by atoms with Crippen molar-refractivity contribution in [1.29, 1.82) is 0 Å². The van der Waals surface area contributed by atoms with E-state index in [1.54, 1.807) is 6.07 Å². The first-order chi connectivity index (χ1) is 11.0. The van der Waals surface area contributed by atoms with Gasteiger partial charge in [-0.3, -0.25) is 9.59 Å². The minimum absolute atomic E-state index is 0.126. The van der Waals surface area contributed by atoms with Crippen molar-refractivity contribution >= 4 is 28.8 Å². The summed E-state index contributed by atoms with van der Waals surface area (Å²) in [6.45, 7) is 3.84. The monoisotopic (exact) mass is 330 g/mol. The first kappa shape index (κ1) is 16.6. The van der Waals surface area contributed by atoms with Gasteiger partial charge in [0.1, 0.15) is 0 Å². The number of nitrogens with one attached hydrogen (secondary N) is 2. The molecule has 0 aliphatic carbocycles. The average Bonchev–Trinajstić information content (AvgIpc) is 2.96. The molecule has 0 bridgehead atoms. The van der Waals surface area contributed by atoms with Crippen LogP contribution in [0.5, 0.6) is 0 Å². The fourth-order valence-electron chi connectivity index (χ4n) is 1.94. The summed E-state index contributed by atoms with van der Waals surface area (Å²) in [5, 5.41) is 5.61.